The fourth-order valence-corrected chi connectivity index (χ4v) is 4.41. The predicted octanol–water partition coefficient (Wildman–Crippen LogP) is 5.27. The van der Waals surface area contributed by atoms with Crippen molar-refractivity contribution in [3.8, 4) is 5.75 Å². The van der Waals surface area contributed by atoms with Gasteiger partial charge in [-0.3, -0.25) is 0 Å². The summed E-state index contributed by atoms with van der Waals surface area (Å²) in [6.45, 7) is 2.20. The van der Waals surface area contributed by atoms with E-state index in [1.807, 2.05) is 0 Å². The molecule has 0 heterocycles. The van der Waals surface area contributed by atoms with Crippen LogP contribution in [0.25, 0.3) is 0 Å². The van der Waals surface area contributed by atoms with Gasteiger partial charge in [0.25, 0.3) is 9.05 Å². The van der Waals surface area contributed by atoms with Gasteiger partial charge < -0.3 is 4.74 Å². The maximum atomic E-state index is 11.4. The monoisotopic (exact) mass is 370 g/mol. The highest BCUT2D eigenvalue weighted by atomic mass is 35.7. The van der Waals surface area contributed by atoms with E-state index >= 15 is 0 Å². The molecule has 1 fully saturated rings. The van der Waals surface area contributed by atoms with E-state index in [-0.39, 0.29) is 21.0 Å². The summed E-state index contributed by atoms with van der Waals surface area (Å²) in [5.74, 6) is 1.18. The highest BCUT2D eigenvalue weighted by molar-refractivity contribution is 8.13. The Morgan fingerprint density at radius 2 is 1.76 bits per heavy atom. The molecule has 21 heavy (non-hydrogen) atoms. The number of hydrogen-bond acceptors (Lipinski definition) is 3. The van der Waals surface area contributed by atoms with Crippen molar-refractivity contribution in [2.75, 3.05) is 0 Å². The zero-order valence-corrected chi connectivity index (χ0v) is 14.7. The molecule has 0 amide bonds. The first-order valence-corrected chi connectivity index (χ1v) is 9.98. The molecule has 0 N–H and O–H groups in total. The van der Waals surface area contributed by atoms with Crippen molar-refractivity contribution in [3.63, 3.8) is 0 Å². The maximum Gasteiger partial charge on any atom is 0.262 e. The van der Waals surface area contributed by atoms with E-state index in [1.165, 1.54) is 18.6 Å². The first-order chi connectivity index (χ1) is 9.82. The summed E-state index contributed by atoms with van der Waals surface area (Å²) >= 11 is 12.1. The van der Waals surface area contributed by atoms with Gasteiger partial charge in [0, 0.05) is 10.7 Å². The lowest BCUT2D eigenvalue weighted by Crippen LogP contribution is -2.24. The van der Waals surface area contributed by atoms with E-state index in [1.54, 1.807) is 0 Å². The van der Waals surface area contributed by atoms with Gasteiger partial charge in [-0.2, -0.15) is 0 Å². The summed E-state index contributed by atoms with van der Waals surface area (Å²) in [6.07, 6.45) is 5.52. The number of hydrogen-bond donors (Lipinski definition) is 0. The van der Waals surface area contributed by atoms with Gasteiger partial charge in [0.2, 0.25) is 0 Å². The summed E-state index contributed by atoms with van der Waals surface area (Å²) in [6, 6.07) is 2.83. The molecule has 2 rings (SSSR count). The first-order valence-electron chi connectivity index (χ1n) is 6.92. The summed E-state index contributed by atoms with van der Waals surface area (Å²) in [5.41, 5.74) is 0. The second-order valence-electron chi connectivity index (χ2n) is 5.30. The smallest absolute Gasteiger partial charge is 0.262 e. The molecular formula is C14H17Cl3O3S. The third-order valence-electron chi connectivity index (χ3n) is 3.94. The Hall–Kier alpha value is -0.160. The van der Waals surface area contributed by atoms with Crippen molar-refractivity contribution >= 4 is 42.9 Å². The van der Waals surface area contributed by atoms with Crippen LogP contribution in [-0.4, -0.2) is 14.5 Å². The Bertz CT molecular complexity index is 608. The van der Waals surface area contributed by atoms with Crippen LogP contribution in [0.2, 0.25) is 10.0 Å². The van der Waals surface area contributed by atoms with Gasteiger partial charge in [0.15, 0.2) is 0 Å². The molecule has 0 spiro atoms. The number of halogens is 3. The van der Waals surface area contributed by atoms with Crippen LogP contribution < -0.4 is 4.74 Å². The molecule has 0 atom stereocenters. The summed E-state index contributed by atoms with van der Waals surface area (Å²) in [7, 11) is 1.38. The van der Waals surface area contributed by atoms with Crippen molar-refractivity contribution in [1.82, 2.24) is 0 Å². The minimum Gasteiger partial charge on any atom is -0.489 e. The average molecular weight is 372 g/mol. The number of ether oxygens (including phenoxy) is 1. The van der Waals surface area contributed by atoms with Gasteiger partial charge in [-0.1, -0.05) is 36.5 Å². The van der Waals surface area contributed by atoms with Crippen LogP contribution >= 0.6 is 33.9 Å². The lowest BCUT2D eigenvalue weighted by Gasteiger charge is -2.28. The second-order valence-corrected chi connectivity index (χ2v) is 8.59. The van der Waals surface area contributed by atoms with Crippen molar-refractivity contribution in [1.29, 1.82) is 0 Å². The first kappa shape index (κ1) is 17.2. The third-order valence-corrected chi connectivity index (χ3v) is 6.28. The Kier molecular flexibility index (Phi) is 5.69. The topological polar surface area (TPSA) is 43.4 Å². The van der Waals surface area contributed by atoms with Crippen molar-refractivity contribution in [2.24, 2.45) is 5.92 Å². The van der Waals surface area contributed by atoms with Gasteiger partial charge >= 0.3 is 0 Å². The molecule has 0 unspecified atom stereocenters. The Morgan fingerprint density at radius 3 is 2.29 bits per heavy atom. The van der Waals surface area contributed by atoms with Gasteiger partial charge in [-0.15, -0.1) is 0 Å². The van der Waals surface area contributed by atoms with Crippen molar-refractivity contribution in [2.45, 2.75) is 50.0 Å². The largest absolute Gasteiger partial charge is 0.489 e. The van der Waals surface area contributed by atoms with E-state index in [0.717, 1.165) is 31.6 Å². The van der Waals surface area contributed by atoms with E-state index in [4.69, 9.17) is 38.6 Å². The molecule has 7 heteroatoms. The molecule has 0 saturated heterocycles. The lowest BCUT2D eigenvalue weighted by molar-refractivity contribution is 0.130. The summed E-state index contributed by atoms with van der Waals surface area (Å²) in [4.78, 5) is -0.196. The Balaban J connectivity index is 2.14. The fourth-order valence-electron chi connectivity index (χ4n) is 2.63. The van der Waals surface area contributed by atoms with Crippen molar-refractivity contribution < 1.29 is 13.2 Å². The maximum absolute atomic E-state index is 11.4. The molecular weight excluding hydrogens is 355 g/mol. The highest BCUT2D eigenvalue weighted by Gasteiger charge is 2.24. The van der Waals surface area contributed by atoms with Crippen LogP contribution in [0.1, 0.15) is 39.0 Å². The molecule has 0 radical (unpaired) electrons. The van der Waals surface area contributed by atoms with Gasteiger partial charge in [-0.25, -0.2) is 8.42 Å². The van der Waals surface area contributed by atoms with Crippen LogP contribution in [0.15, 0.2) is 17.0 Å². The number of benzene rings is 1. The predicted molar refractivity (Wildman–Crippen MR) is 86.2 cm³/mol. The Morgan fingerprint density at radius 1 is 1.14 bits per heavy atom. The lowest BCUT2D eigenvalue weighted by atomic mass is 9.86. The highest BCUT2D eigenvalue weighted by Crippen LogP contribution is 2.39. The molecule has 1 aromatic carbocycles. The van der Waals surface area contributed by atoms with Crippen LogP contribution in [0.5, 0.6) is 5.75 Å². The molecule has 0 bridgehead atoms. The van der Waals surface area contributed by atoms with E-state index in [2.05, 4.69) is 6.92 Å². The van der Waals surface area contributed by atoms with Crippen LogP contribution in [0, 0.1) is 5.92 Å². The molecule has 1 aliphatic carbocycles. The zero-order chi connectivity index (χ0) is 15.6. The minimum atomic E-state index is -3.92. The van der Waals surface area contributed by atoms with E-state index < -0.39 is 9.05 Å². The van der Waals surface area contributed by atoms with Gasteiger partial charge in [0.1, 0.15) is 15.7 Å². The average Bonchev–Trinajstić information content (AvgIpc) is 2.43. The number of rotatable bonds is 4. The van der Waals surface area contributed by atoms with E-state index in [0.29, 0.717) is 5.75 Å². The molecule has 1 saturated carbocycles. The van der Waals surface area contributed by atoms with Gasteiger partial charge in [-0.05, 0) is 43.7 Å². The van der Waals surface area contributed by atoms with Crippen LogP contribution in [0.3, 0.4) is 0 Å². The molecule has 118 valence electrons. The fraction of sp³-hybridized carbons (Fsp3) is 0.571. The SMILES string of the molecule is CCC1CCC(Oc2ccc(S(=O)(=O)Cl)c(Cl)c2Cl)CC1. The Labute approximate surface area is 139 Å². The molecule has 0 aromatic heterocycles. The quantitative estimate of drug-likeness (QED) is 0.677. The second kappa shape index (κ2) is 6.95. The van der Waals surface area contributed by atoms with Crippen LogP contribution in [-0.2, 0) is 9.05 Å². The van der Waals surface area contributed by atoms with Crippen LogP contribution in [0.4, 0.5) is 0 Å². The molecule has 0 aliphatic heterocycles. The standard InChI is InChI=1S/C14H17Cl3O3S/c1-2-9-3-5-10(6-4-9)20-11-7-8-12(21(17,18)19)14(16)13(11)15/h7-10H,2-6H2,1H3. The minimum absolute atomic E-state index is 0.0913. The third kappa shape index (κ3) is 4.19. The normalized spacial score (nSPS) is 23.0. The molecule has 1 aliphatic rings. The summed E-state index contributed by atoms with van der Waals surface area (Å²) < 4.78 is 28.6. The van der Waals surface area contributed by atoms with Gasteiger partial charge in [0.05, 0.1) is 11.1 Å². The molecule has 3 nitrogen and oxygen atoms in total. The molecule has 1 aromatic rings. The summed E-state index contributed by atoms with van der Waals surface area (Å²) in [5, 5.41) is 0.00224. The van der Waals surface area contributed by atoms with E-state index in [9.17, 15) is 8.42 Å². The van der Waals surface area contributed by atoms with Crippen molar-refractivity contribution in [3.05, 3.63) is 22.2 Å². The zero-order valence-electron chi connectivity index (χ0n) is 11.6.